The fourth-order valence-electron chi connectivity index (χ4n) is 2.40. The quantitative estimate of drug-likeness (QED) is 0.321. The SMILES string of the molecule is O=[N+]([O-])c1ccc(NCCNc2nccc(-c3ccc(OC(F)(F)F)cc3)n2)nc1. The standard InChI is InChI=1S/C18H15F3N6O3/c19-18(20,21)30-14-4-1-12(2-5-14)15-7-8-23-17(26-15)24-10-9-22-16-6-3-13(11-25-16)27(28)29/h1-8,11H,9-10H2,(H,22,25)(H,23,24,26). The molecule has 0 aliphatic rings. The molecule has 0 unspecified atom stereocenters. The molecule has 0 fully saturated rings. The van der Waals surface area contributed by atoms with Crippen LogP contribution in [0.1, 0.15) is 0 Å². The number of anilines is 2. The molecule has 3 rings (SSSR count). The van der Waals surface area contributed by atoms with Crippen LogP contribution in [-0.4, -0.2) is 39.3 Å². The van der Waals surface area contributed by atoms with E-state index in [0.717, 1.165) is 6.20 Å². The van der Waals surface area contributed by atoms with Gasteiger partial charge in [-0.25, -0.2) is 15.0 Å². The first-order valence-electron chi connectivity index (χ1n) is 8.57. The Bertz CT molecular complexity index is 997. The van der Waals surface area contributed by atoms with Gasteiger partial charge in [-0.1, -0.05) is 0 Å². The maximum absolute atomic E-state index is 12.2. The number of alkyl halides is 3. The minimum Gasteiger partial charge on any atom is -0.406 e. The highest BCUT2D eigenvalue weighted by molar-refractivity contribution is 5.61. The second-order valence-corrected chi connectivity index (χ2v) is 5.85. The highest BCUT2D eigenvalue weighted by Gasteiger charge is 2.30. The molecule has 12 heteroatoms. The van der Waals surface area contributed by atoms with E-state index in [4.69, 9.17) is 0 Å². The van der Waals surface area contributed by atoms with Gasteiger partial charge in [0.15, 0.2) is 0 Å². The molecule has 1 aromatic carbocycles. The summed E-state index contributed by atoms with van der Waals surface area (Å²) < 4.78 is 40.6. The van der Waals surface area contributed by atoms with E-state index in [-0.39, 0.29) is 11.4 Å². The van der Waals surface area contributed by atoms with Crippen molar-refractivity contribution in [2.45, 2.75) is 6.36 Å². The first kappa shape index (κ1) is 20.8. The molecule has 2 heterocycles. The lowest BCUT2D eigenvalue weighted by atomic mass is 10.1. The van der Waals surface area contributed by atoms with Crippen LogP contribution in [0.15, 0.2) is 54.9 Å². The van der Waals surface area contributed by atoms with Gasteiger partial charge in [-0.2, -0.15) is 0 Å². The van der Waals surface area contributed by atoms with Gasteiger partial charge in [0.25, 0.3) is 5.69 Å². The van der Waals surface area contributed by atoms with Crippen LogP contribution in [0.4, 0.5) is 30.6 Å². The predicted molar refractivity (Wildman–Crippen MR) is 102 cm³/mol. The Morgan fingerprint density at radius 1 is 1.00 bits per heavy atom. The van der Waals surface area contributed by atoms with Crippen LogP contribution in [0.3, 0.4) is 0 Å². The summed E-state index contributed by atoms with van der Waals surface area (Å²) >= 11 is 0. The van der Waals surface area contributed by atoms with Gasteiger partial charge in [-0.15, -0.1) is 13.2 Å². The van der Waals surface area contributed by atoms with E-state index in [1.165, 1.54) is 42.6 Å². The van der Waals surface area contributed by atoms with Crippen molar-refractivity contribution in [2.75, 3.05) is 23.7 Å². The molecular weight excluding hydrogens is 405 g/mol. The van der Waals surface area contributed by atoms with E-state index in [1.807, 2.05) is 0 Å². The summed E-state index contributed by atoms with van der Waals surface area (Å²) in [6.07, 6.45) is -2.06. The third-order valence-corrected chi connectivity index (χ3v) is 3.71. The summed E-state index contributed by atoms with van der Waals surface area (Å²) in [5, 5.41) is 16.6. The number of halogens is 3. The van der Waals surface area contributed by atoms with Crippen molar-refractivity contribution in [2.24, 2.45) is 0 Å². The Morgan fingerprint density at radius 3 is 2.37 bits per heavy atom. The number of benzene rings is 1. The second kappa shape index (κ2) is 9.03. The van der Waals surface area contributed by atoms with E-state index < -0.39 is 11.3 Å². The summed E-state index contributed by atoms with van der Waals surface area (Å²) in [7, 11) is 0. The van der Waals surface area contributed by atoms with Gasteiger partial charge in [-0.3, -0.25) is 10.1 Å². The van der Waals surface area contributed by atoms with Gasteiger partial charge in [0.1, 0.15) is 17.8 Å². The number of hydrogen-bond acceptors (Lipinski definition) is 8. The number of nitrogens with zero attached hydrogens (tertiary/aromatic N) is 4. The molecule has 0 amide bonds. The molecular formula is C18H15F3N6O3. The first-order chi connectivity index (χ1) is 14.3. The lowest BCUT2D eigenvalue weighted by Gasteiger charge is -2.10. The van der Waals surface area contributed by atoms with Crippen molar-refractivity contribution in [3.63, 3.8) is 0 Å². The highest BCUT2D eigenvalue weighted by Crippen LogP contribution is 2.25. The van der Waals surface area contributed by atoms with Crippen molar-refractivity contribution in [3.05, 3.63) is 65.0 Å². The Labute approximate surface area is 168 Å². The van der Waals surface area contributed by atoms with E-state index in [1.54, 1.807) is 6.07 Å². The molecule has 0 atom stereocenters. The number of pyridine rings is 1. The predicted octanol–water partition coefficient (Wildman–Crippen LogP) is 3.87. The number of rotatable bonds is 8. The summed E-state index contributed by atoms with van der Waals surface area (Å²) in [4.78, 5) is 22.4. The van der Waals surface area contributed by atoms with Crippen LogP contribution >= 0.6 is 0 Å². The largest absolute Gasteiger partial charge is 0.573 e. The fourth-order valence-corrected chi connectivity index (χ4v) is 2.40. The Hall–Kier alpha value is -3.96. The van der Waals surface area contributed by atoms with Crippen molar-refractivity contribution in [1.29, 1.82) is 0 Å². The van der Waals surface area contributed by atoms with Crippen LogP contribution in [0, 0.1) is 10.1 Å². The summed E-state index contributed by atoms with van der Waals surface area (Å²) in [5.74, 6) is 0.504. The molecule has 0 spiro atoms. The zero-order chi connectivity index (χ0) is 21.6. The van der Waals surface area contributed by atoms with E-state index in [2.05, 4.69) is 30.3 Å². The molecule has 156 valence electrons. The van der Waals surface area contributed by atoms with E-state index in [9.17, 15) is 23.3 Å². The van der Waals surface area contributed by atoms with Crippen LogP contribution in [-0.2, 0) is 0 Å². The van der Waals surface area contributed by atoms with E-state index in [0.29, 0.717) is 36.1 Å². The average Bonchev–Trinajstić information content (AvgIpc) is 2.71. The maximum atomic E-state index is 12.2. The van der Waals surface area contributed by atoms with Gasteiger partial charge in [0.05, 0.1) is 10.6 Å². The molecule has 2 aromatic heterocycles. The first-order valence-corrected chi connectivity index (χ1v) is 8.57. The van der Waals surface area contributed by atoms with Crippen LogP contribution in [0.5, 0.6) is 5.75 Å². The second-order valence-electron chi connectivity index (χ2n) is 5.85. The monoisotopic (exact) mass is 420 g/mol. The number of hydrogen-bond donors (Lipinski definition) is 2. The van der Waals surface area contributed by atoms with Crippen LogP contribution in [0.25, 0.3) is 11.3 Å². The Morgan fingerprint density at radius 2 is 1.73 bits per heavy atom. The average molecular weight is 420 g/mol. The molecule has 2 N–H and O–H groups in total. The third kappa shape index (κ3) is 6.02. The lowest BCUT2D eigenvalue weighted by Crippen LogP contribution is -2.17. The molecule has 30 heavy (non-hydrogen) atoms. The van der Waals surface area contributed by atoms with Gasteiger partial charge in [-0.05, 0) is 36.4 Å². The topological polar surface area (TPSA) is 115 Å². The number of nitrogens with one attached hydrogen (secondary N) is 2. The zero-order valence-corrected chi connectivity index (χ0v) is 15.3. The molecule has 0 aliphatic heterocycles. The fraction of sp³-hybridized carbons (Fsp3) is 0.167. The van der Waals surface area contributed by atoms with Crippen LogP contribution in [0.2, 0.25) is 0 Å². The normalized spacial score (nSPS) is 11.0. The number of ether oxygens (including phenoxy) is 1. The minimum atomic E-state index is -4.74. The third-order valence-electron chi connectivity index (χ3n) is 3.71. The van der Waals surface area contributed by atoms with Gasteiger partial charge in [0.2, 0.25) is 5.95 Å². The Kier molecular flexibility index (Phi) is 6.25. The van der Waals surface area contributed by atoms with Crippen molar-refractivity contribution < 1.29 is 22.8 Å². The summed E-state index contributed by atoms with van der Waals surface area (Å²) in [5.41, 5.74) is 1.03. The lowest BCUT2D eigenvalue weighted by molar-refractivity contribution is -0.385. The molecule has 0 saturated heterocycles. The zero-order valence-electron chi connectivity index (χ0n) is 15.3. The number of nitro groups is 1. The molecule has 0 bridgehead atoms. The van der Waals surface area contributed by atoms with Crippen molar-refractivity contribution in [3.8, 4) is 17.0 Å². The van der Waals surface area contributed by atoms with Gasteiger partial charge >= 0.3 is 6.36 Å². The van der Waals surface area contributed by atoms with Gasteiger partial charge in [0, 0.05) is 30.9 Å². The Balaban J connectivity index is 1.53. The summed E-state index contributed by atoms with van der Waals surface area (Å²) in [6.45, 7) is 0.877. The maximum Gasteiger partial charge on any atom is 0.573 e. The molecule has 0 radical (unpaired) electrons. The minimum absolute atomic E-state index is 0.0955. The smallest absolute Gasteiger partial charge is 0.406 e. The highest BCUT2D eigenvalue weighted by atomic mass is 19.4. The summed E-state index contributed by atoms with van der Waals surface area (Å²) in [6, 6.07) is 9.83. The number of aromatic nitrogens is 3. The molecule has 3 aromatic rings. The molecule has 0 aliphatic carbocycles. The van der Waals surface area contributed by atoms with Crippen LogP contribution < -0.4 is 15.4 Å². The van der Waals surface area contributed by atoms with Crippen molar-refractivity contribution in [1.82, 2.24) is 15.0 Å². The van der Waals surface area contributed by atoms with Crippen molar-refractivity contribution >= 4 is 17.5 Å². The van der Waals surface area contributed by atoms with Gasteiger partial charge < -0.3 is 15.4 Å². The molecule has 0 saturated carbocycles. The molecule has 9 nitrogen and oxygen atoms in total. The van der Waals surface area contributed by atoms with E-state index >= 15 is 0 Å².